The van der Waals surface area contributed by atoms with E-state index < -0.39 is 24.4 Å². The molecule has 12 heteroatoms. The molecule has 0 amide bonds. The largest absolute Gasteiger partial charge is 0.393 e. The third kappa shape index (κ3) is 5.14. The molecule has 0 radical (unpaired) electrons. The van der Waals surface area contributed by atoms with E-state index >= 15 is 0 Å². The summed E-state index contributed by atoms with van der Waals surface area (Å²) in [6, 6.07) is -0.796. The molecule has 5 aliphatic rings. The molecule has 12 nitrogen and oxygen atoms in total. The molecule has 8 atom stereocenters. The number of hydrogen-bond acceptors (Lipinski definition) is 9. The monoisotopic (exact) mass is 550 g/mol. The lowest BCUT2D eigenvalue weighted by atomic mass is 9.78. The number of ether oxygens (including phenoxy) is 3. The van der Waals surface area contributed by atoms with Gasteiger partial charge in [-0.15, -0.1) is 0 Å². The minimum atomic E-state index is -0.926. The van der Waals surface area contributed by atoms with Gasteiger partial charge in [0.1, 0.15) is 31.0 Å². The first-order chi connectivity index (χ1) is 19.0. The van der Waals surface area contributed by atoms with Crippen molar-refractivity contribution >= 4 is 5.71 Å². The quantitative estimate of drug-likeness (QED) is 0.324. The van der Waals surface area contributed by atoms with Crippen molar-refractivity contribution in [1.82, 2.24) is 13.9 Å². The van der Waals surface area contributed by atoms with Crippen molar-refractivity contribution in [2.24, 2.45) is 17.0 Å². The van der Waals surface area contributed by atoms with Crippen molar-refractivity contribution < 1.29 is 29.3 Å². The molecular weight excluding hydrogens is 508 g/mol. The van der Waals surface area contributed by atoms with Gasteiger partial charge in [0, 0.05) is 25.1 Å². The summed E-state index contributed by atoms with van der Waals surface area (Å²) in [5.74, 6) is 0.00779. The van der Waals surface area contributed by atoms with Crippen LogP contribution in [0.1, 0.15) is 76.8 Å². The van der Waals surface area contributed by atoms with Crippen LogP contribution in [0.4, 0.5) is 0 Å². The first kappa shape index (κ1) is 27.2. The number of aliphatic hydroxyl groups excluding tert-OH is 2. The van der Waals surface area contributed by atoms with E-state index in [1.807, 2.05) is 6.92 Å². The molecule has 0 spiro atoms. The van der Waals surface area contributed by atoms with E-state index in [1.54, 1.807) is 0 Å². The van der Waals surface area contributed by atoms with Crippen LogP contribution in [0.2, 0.25) is 0 Å². The van der Waals surface area contributed by atoms with E-state index in [2.05, 4.69) is 5.16 Å². The Balaban J connectivity index is 1.17. The maximum absolute atomic E-state index is 13.8. The lowest BCUT2D eigenvalue weighted by Crippen LogP contribution is -2.53. The molecular formula is C27H42N4O8. The second-order valence-corrected chi connectivity index (χ2v) is 11.8. The van der Waals surface area contributed by atoms with Crippen LogP contribution in [-0.4, -0.2) is 86.8 Å². The Morgan fingerprint density at radius 3 is 2.64 bits per heavy atom. The van der Waals surface area contributed by atoms with E-state index in [1.165, 1.54) is 20.4 Å². The molecule has 4 heterocycles. The van der Waals surface area contributed by atoms with Crippen molar-refractivity contribution in [2.45, 2.75) is 114 Å². The summed E-state index contributed by atoms with van der Waals surface area (Å²) in [6.45, 7) is 3.66. The van der Waals surface area contributed by atoms with Gasteiger partial charge in [0.2, 0.25) is 0 Å². The molecule has 3 aliphatic heterocycles. The van der Waals surface area contributed by atoms with Gasteiger partial charge in [-0.2, -0.15) is 0 Å². The minimum Gasteiger partial charge on any atom is -0.393 e. The molecule has 0 bridgehead atoms. The average molecular weight is 551 g/mol. The molecule has 2 aliphatic carbocycles. The molecule has 1 aromatic heterocycles. The van der Waals surface area contributed by atoms with Gasteiger partial charge < -0.3 is 29.3 Å². The molecule has 39 heavy (non-hydrogen) atoms. The fraction of sp³-hybridized carbons (Fsp3) is 0.889. The van der Waals surface area contributed by atoms with Crippen LogP contribution in [0, 0.1) is 11.8 Å². The summed E-state index contributed by atoms with van der Waals surface area (Å²) in [6.07, 6.45) is 6.21. The van der Waals surface area contributed by atoms with Gasteiger partial charge in [-0.1, -0.05) is 31.3 Å². The number of nitrogens with zero attached hydrogens (tertiary/aromatic N) is 4. The van der Waals surface area contributed by atoms with E-state index in [0.29, 0.717) is 37.6 Å². The Labute approximate surface area is 227 Å². The number of fused-ring (bicyclic) bond motifs is 4. The van der Waals surface area contributed by atoms with Gasteiger partial charge in [-0.25, -0.2) is 23.5 Å². The molecule has 4 fully saturated rings. The number of hydrogen-bond donors (Lipinski definition) is 2. The highest BCUT2D eigenvalue weighted by molar-refractivity contribution is 5.94. The van der Waals surface area contributed by atoms with E-state index in [4.69, 9.17) is 19.0 Å². The van der Waals surface area contributed by atoms with Crippen LogP contribution in [0.15, 0.2) is 14.7 Å². The van der Waals surface area contributed by atoms with Crippen molar-refractivity contribution in [3.63, 3.8) is 0 Å². The van der Waals surface area contributed by atoms with Gasteiger partial charge in [0.25, 0.3) is 0 Å². The van der Waals surface area contributed by atoms with Gasteiger partial charge in [0.05, 0.1) is 31.1 Å². The maximum atomic E-state index is 13.8. The first-order valence-electron chi connectivity index (χ1n) is 14.8. The third-order valence-corrected chi connectivity index (χ3v) is 9.34. The number of rotatable bonds is 10. The Kier molecular flexibility index (Phi) is 8.00. The molecule has 1 aromatic rings. The maximum Gasteiger partial charge on any atom is 0.347 e. The predicted molar refractivity (Wildman–Crippen MR) is 140 cm³/mol. The smallest absolute Gasteiger partial charge is 0.347 e. The van der Waals surface area contributed by atoms with Crippen LogP contribution in [0.25, 0.3) is 0 Å². The fourth-order valence-corrected chi connectivity index (χ4v) is 7.35. The Bertz CT molecular complexity index is 1150. The van der Waals surface area contributed by atoms with Gasteiger partial charge >= 0.3 is 11.4 Å². The highest BCUT2D eigenvalue weighted by atomic mass is 16.6. The topological polar surface area (TPSA) is 142 Å². The zero-order valence-corrected chi connectivity index (χ0v) is 22.7. The van der Waals surface area contributed by atoms with Gasteiger partial charge in [-0.05, 0) is 44.4 Å². The molecule has 2 saturated carbocycles. The van der Waals surface area contributed by atoms with Crippen LogP contribution >= 0.6 is 0 Å². The SMILES string of the molecule is CC[C@@H](C1CCCCC1)n1c(=O)n2n(c1=O)[C@H]1[C@H](O)[C@@H]3O[C@@H]3/C(=N\OC[C@@H](O)COCC3CCCO3)[C@H]1CC2. The predicted octanol–water partition coefficient (Wildman–Crippen LogP) is 0.975. The average Bonchev–Trinajstić information content (AvgIpc) is 3.51. The van der Waals surface area contributed by atoms with Crippen LogP contribution in [0.5, 0.6) is 0 Å². The number of oxime groups is 1. The van der Waals surface area contributed by atoms with Crippen molar-refractivity contribution in [3.05, 3.63) is 21.0 Å². The summed E-state index contributed by atoms with van der Waals surface area (Å²) in [5.41, 5.74) is -0.0208. The molecule has 2 saturated heterocycles. The summed E-state index contributed by atoms with van der Waals surface area (Å²) < 4.78 is 21.3. The van der Waals surface area contributed by atoms with Crippen molar-refractivity contribution in [3.8, 4) is 0 Å². The van der Waals surface area contributed by atoms with E-state index in [-0.39, 0.29) is 48.8 Å². The number of epoxide rings is 1. The molecule has 2 N–H and O–H groups in total. The summed E-state index contributed by atoms with van der Waals surface area (Å²) in [7, 11) is 0. The fourth-order valence-electron chi connectivity index (χ4n) is 7.35. The lowest BCUT2D eigenvalue weighted by molar-refractivity contribution is -0.0437. The van der Waals surface area contributed by atoms with Crippen LogP contribution in [0.3, 0.4) is 0 Å². The normalized spacial score (nSPS) is 34.8. The molecule has 1 unspecified atom stereocenters. The Morgan fingerprint density at radius 2 is 1.90 bits per heavy atom. The third-order valence-electron chi connectivity index (χ3n) is 9.34. The standard InChI is InChI=1S/C27H42N4O8/c1-2-20(16-7-4-3-5-8-16)30-26(34)29-11-10-19-21(24-25(39-24)23(33)22(19)31(29)27(30)35)28-38-14-17(32)13-36-15-18-9-6-12-37-18/h16-20,22-25,32-33H,2-15H2,1H3/b28-21-/t17-,18?,19+,20-,22+,23-,24+,25-/m0/s1. The van der Waals surface area contributed by atoms with Crippen LogP contribution in [-0.2, 0) is 25.6 Å². The zero-order valence-electron chi connectivity index (χ0n) is 22.7. The van der Waals surface area contributed by atoms with E-state index in [0.717, 1.165) is 45.1 Å². The van der Waals surface area contributed by atoms with Crippen molar-refractivity contribution in [1.29, 1.82) is 0 Å². The van der Waals surface area contributed by atoms with Crippen molar-refractivity contribution in [2.75, 3.05) is 26.4 Å². The summed E-state index contributed by atoms with van der Waals surface area (Å²) in [5, 5.41) is 25.8. The minimum absolute atomic E-state index is 0.0487. The second-order valence-electron chi connectivity index (χ2n) is 11.8. The zero-order chi connectivity index (χ0) is 27.1. The first-order valence-corrected chi connectivity index (χ1v) is 14.8. The summed E-state index contributed by atoms with van der Waals surface area (Å²) >= 11 is 0. The number of aromatic nitrogens is 3. The number of aliphatic hydroxyl groups is 2. The van der Waals surface area contributed by atoms with E-state index in [9.17, 15) is 19.8 Å². The molecule has 0 aromatic carbocycles. The molecule has 6 rings (SSSR count). The van der Waals surface area contributed by atoms with Crippen LogP contribution < -0.4 is 11.4 Å². The highest BCUT2D eigenvalue weighted by Crippen LogP contribution is 2.46. The highest BCUT2D eigenvalue weighted by Gasteiger charge is 2.61. The van der Waals surface area contributed by atoms with Gasteiger partial charge in [-0.3, -0.25) is 0 Å². The molecule has 218 valence electrons. The second kappa shape index (κ2) is 11.5. The van der Waals surface area contributed by atoms with Gasteiger partial charge in [0.15, 0.2) is 0 Å². The Morgan fingerprint density at radius 1 is 1.08 bits per heavy atom. The summed E-state index contributed by atoms with van der Waals surface area (Å²) in [4.78, 5) is 32.9. The Hall–Kier alpha value is -1.99. The lowest BCUT2D eigenvalue weighted by Gasteiger charge is -2.38.